The van der Waals surface area contributed by atoms with Crippen molar-refractivity contribution in [1.82, 2.24) is 0 Å². The highest BCUT2D eigenvalue weighted by atomic mass is 16.5. The van der Waals surface area contributed by atoms with Crippen molar-refractivity contribution in [2.75, 3.05) is 13.2 Å². The van der Waals surface area contributed by atoms with E-state index in [1.54, 1.807) is 0 Å². The molecular weight excluding hydrogens is 238 g/mol. The van der Waals surface area contributed by atoms with E-state index in [9.17, 15) is 5.11 Å². The highest BCUT2D eigenvalue weighted by Gasteiger charge is 2.31. The molecule has 19 heavy (non-hydrogen) atoms. The summed E-state index contributed by atoms with van der Waals surface area (Å²) < 4.78 is 6.05. The van der Waals surface area contributed by atoms with Gasteiger partial charge in [-0.3, -0.25) is 0 Å². The lowest BCUT2D eigenvalue weighted by Gasteiger charge is -2.37. The van der Waals surface area contributed by atoms with Gasteiger partial charge in [-0.2, -0.15) is 0 Å². The minimum absolute atomic E-state index is 0.340. The Balaban J connectivity index is 2.35. The molecule has 0 aromatic heterocycles. The molecule has 0 saturated heterocycles. The number of ether oxygens (including phenoxy) is 1. The maximum atomic E-state index is 9.96. The fraction of sp³-hybridized carbons (Fsp3) is 1.00. The molecule has 114 valence electrons. The quantitative estimate of drug-likeness (QED) is 0.742. The summed E-state index contributed by atoms with van der Waals surface area (Å²) in [7, 11) is 0. The number of hydrogen-bond acceptors (Lipinski definition) is 2. The molecule has 1 saturated carbocycles. The first kappa shape index (κ1) is 16.9. The fourth-order valence-electron chi connectivity index (χ4n) is 3.04. The maximum absolute atomic E-state index is 9.96. The largest absolute Gasteiger partial charge is 0.385 e. The molecule has 1 aliphatic carbocycles. The minimum Gasteiger partial charge on any atom is -0.385 e. The molecule has 3 heteroatoms. The lowest BCUT2D eigenvalue weighted by molar-refractivity contribution is -0.688. The summed E-state index contributed by atoms with van der Waals surface area (Å²) in [6, 6.07) is 0.535. The molecule has 1 rings (SSSR count). The Labute approximate surface area is 119 Å². The highest BCUT2D eigenvalue weighted by molar-refractivity contribution is 4.81. The van der Waals surface area contributed by atoms with E-state index in [1.165, 1.54) is 12.8 Å². The first-order chi connectivity index (χ1) is 8.90. The van der Waals surface area contributed by atoms with Gasteiger partial charge in [0.15, 0.2) is 0 Å². The van der Waals surface area contributed by atoms with Crippen LogP contribution in [0, 0.1) is 17.8 Å². The summed E-state index contributed by atoms with van der Waals surface area (Å²) in [5, 5.41) is 12.1. The van der Waals surface area contributed by atoms with Crippen LogP contribution in [0.4, 0.5) is 0 Å². The Morgan fingerprint density at radius 3 is 2.47 bits per heavy atom. The lowest BCUT2D eigenvalue weighted by Crippen LogP contribution is -2.90. The first-order valence-electron chi connectivity index (χ1n) is 8.03. The van der Waals surface area contributed by atoms with Crippen LogP contribution in [0.1, 0.15) is 53.9 Å². The van der Waals surface area contributed by atoms with Gasteiger partial charge in [-0.25, -0.2) is 0 Å². The van der Waals surface area contributed by atoms with Crippen molar-refractivity contribution in [2.45, 2.75) is 72.1 Å². The summed E-state index contributed by atoms with van der Waals surface area (Å²) in [4.78, 5) is 0. The number of nitrogens with two attached hydrogens (primary N) is 1. The predicted octanol–water partition coefficient (Wildman–Crippen LogP) is 1.80. The minimum atomic E-state index is -0.340. The second-order valence-electron chi connectivity index (χ2n) is 7.07. The second-order valence-corrected chi connectivity index (χ2v) is 7.07. The fourth-order valence-corrected chi connectivity index (χ4v) is 3.04. The van der Waals surface area contributed by atoms with E-state index in [1.807, 2.05) is 0 Å². The van der Waals surface area contributed by atoms with Crippen molar-refractivity contribution in [3.63, 3.8) is 0 Å². The molecule has 0 amide bonds. The van der Waals surface area contributed by atoms with Gasteiger partial charge in [-0.05, 0) is 44.4 Å². The molecule has 0 spiro atoms. The average molecular weight is 272 g/mol. The van der Waals surface area contributed by atoms with E-state index in [4.69, 9.17) is 4.74 Å². The molecule has 3 N–H and O–H groups in total. The van der Waals surface area contributed by atoms with E-state index in [0.717, 1.165) is 18.9 Å². The second kappa shape index (κ2) is 8.23. The van der Waals surface area contributed by atoms with Crippen LogP contribution in [-0.2, 0) is 4.74 Å². The third kappa shape index (κ3) is 6.24. The number of quaternary nitrogens is 1. The first-order valence-corrected chi connectivity index (χ1v) is 8.03. The van der Waals surface area contributed by atoms with Gasteiger partial charge >= 0.3 is 0 Å². The Hall–Kier alpha value is -0.120. The van der Waals surface area contributed by atoms with Crippen molar-refractivity contribution in [2.24, 2.45) is 17.8 Å². The van der Waals surface area contributed by atoms with Gasteiger partial charge in [-0.1, -0.05) is 27.2 Å². The molecular formula is C16H34NO2+. The van der Waals surface area contributed by atoms with Crippen LogP contribution in [0.2, 0.25) is 0 Å². The van der Waals surface area contributed by atoms with Crippen molar-refractivity contribution in [3.8, 4) is 0 Å². The zero-order valence-electron chi connectivity index (χ0n) is 13.4. The summed E-state index contributed by atoms with van der Waals surface area (Å²) in [5.41, 5.74) is 0. The van der Waals surface area contributed by atoms with E-state index in [0.29, 0.717) is 30.6 Å². The average Bonchev–Trinajstić information content (AvgIpc) is 2.33. The van der Waals surface area contributed by atoms with Gasteiger partial charge in [0.25, 0.3) is 0 Å². The van der Waals surface area contributed by atoms with Crippen molar-refractivity contribution in [3.05, 3.63) is 0 Å². The van der Waals surface area contributed by atoms with Crippen LogP contribution in [0.5, 0.6) is 0 Å². The third-order valence-corrected chi connectivity index (χ3v) is 4.34. The van der Waals surface area contributed by atoms with Crippen molar-refractivity contribution < 1.29 is 15.2 Å². The summed E-state index contributed by atoms with van der Waals surface area (Å²) in [6.45, 7) is 12.4. The molecule has 1 aliphatic rings. The summed E-state index contributed by atoms with van der Waals surface area (Å²) in [6.07, 6.45) is 3.76. The van der Waals surface area contributed by atoms with Gasteiger partial charge in [0, 0.05) is 0 Å². The molecule has 0 aliphatic heterocycles. The molecule has 0 aromatic rings. The molecule has 4 atom stereocenters. The Kier molecular flexibility index (Phi) is 7.33. The molecule has 3 nitrogen and oxygen atoms in total. The highest BCUT2D eigenvalue weighted by Crippen LogP contribution is 2.35. The Morgan fingerprint density at radius 1 is 1.21 bits per heavy atom. The zero-order valence-corrected chi connectivity index (χ0v) is 13.4. The van der Waals surface area contributed by atoms with Crippen LogP contribution in [0.3, 0.4) is 0 Å². The zero-order chi connectivity index (χ0) is 14.4. The van der Waals surface area contributed by atoms with Crippen LogP contribution in [-0.4, -0.2) is 36.5 Å². The van der Waals surface area contributed by atoms with Crippen molar-refractivity contribution >= 4 is 0 Å². The van der Waals surface area contributed by atoms with Crippen LogP contribution >= 0.6 is 0 Å². The summed E-state index contributed by atoms with van der Waals surface area (Å²) in [5.74, 6) is 2.11. The molecule has 0 heterocycles. The van der Waals surface area contributed by atoms with E-state index in [-0.39, 0.29) is 6.10 Å². The van der Waals surface area contributed by atoms with Gasteiger partial charge in [0.1, 0.15) is 12.6 Å². The van der Waals surface area contributed by atoms with Crippen LogP contribution < -0.4 is 5.32 Å². The van der Waals surface area contributed by atoms with Gasteiger partial charge in [0.2, 0.25) is 0 Å². The number of aliphatic hydroxyl groups excluding tert-OH is 1. The number of aliphatic hydroxyl groups is 1. The molecule has 1 fully saturated rings. The van der Waals surface area contributed by atoms with Crippen LogP contribution in [0.25, 0.3) is 0 Å². The number of hydrogen-bond donors (Lipinski definition) is 2. The lowest BCUT2D eigenvalue weighted by atomic mass is 9.75. The monoisotopic (exact) mass is 272 g/mol. The molecule has 0 radical (unpaired) electrons. The Morgan fingerprint density at radius 2 is 1.89 bits per heavy atom. The SMILES string of the molecule is CC(C)[NH2+]C[C@@H](O)CO[C@@H]1C[C@@H](C)CC[C@@H]1C(C)C. The smallest absolute Gasteiger partial charge is 0.126 e. The maximum Gasteiger partial charge on any atom is 0.126 e. The normalized spacial score (nSPS) is 30.0. The van der Waals surface area contributed by atoms with Crippen molar-refractivity contribution in [1.29, 1.82) is 0 Å². The Bertz CT molecular complexity index is 243. The predicted molar refractivity (Wildman–Crippen MR) is 79.0 cm³/mol. The molecule has 0 bridgehead atoms. The molecule has 0 aromatic carbocycles. The van der Waals surface area contributed by atoms with E-state index >= 15 is 0 Å². The standard InChI is InChI=1S/C16H33NO2/c1-11(2)15-7-6-13(5)8-16(15)19-10-14(18)9-17-12(3)4/h11-18H,6-10H2,1-5H3/p+1/t13-,14+,15+,16+/m0/s1. The topological polar surface area (TPSA) is 46.1 Å². The van der Waals surface area contributed by atoms with E-state index in [2.05, 4.69) is 39.9 Å². The van der Waals surface area contributed by atoms with Crippen LogP contribution in [0.15, 0.2) is 0 Å². The molecule has 0 unspecified atom stereocenters. The number of rotatable bonds is 7. The van der Waals surface area contributed by atoms with Gasteiger partial charge in [0.05, 0.1) is 18.8 Å². The van der Waals surface area contributed by atoms with E-state index < -0.39 is 0 Å². The van der Waals surface area contributed by atoms with Gasteiger partial charge in [-0.15, -0.1) is 0 Å². The third-order valence-electron chi connectivity index (χ3n) is 4.34. The van der Waals surface area contributed by atoms with Gasteiger partial charge < -0.3 is 15.2 Å². The summed E-state index contributed by atoms with van der Waals surface area (Å²) >= 11 is 0.